The van der Waals surface area contributed by atoms with E-state index < -0.39 is 0 Å². The summed E-state index contributed by atoms with van der Waals surface area (Å²) in [6.07, 6.45) is 1.31. The molecule has 2 N–H and O–H groups in total. The second kappa shape index (κ2) is 7.08. The quantitative estimate of drug-likeness (QED) is 0.653. The van der Waals surface area contributed by atoms with Gasteiger partial charge in [0.25, 0.3) is 11.5 Å². The first kappa shape index (κ1) is 17.8. The number of hydrogen-bond acceptors (Lipinski definition) is 5. The van der Waals surface area contributed by atoms with Crippen molar-refractivity contribution in [1.29, 1.82) is 0 Å². The number of nitrogens with zero attached hydrogens (tertiary/aromatic N) is 4. The summed E-state index contributed by atoms with van der Waals surface area (Å²) in [5, 5.41) is 9.61. The Labute approximate surface area is 156 Å². The van der Waals surface area contributed by atoms with Crippen LogP contribution < -0.4 is 16.2 Å². The maximum absolute atomic E-state index is 12.5. The first-order valence-electron chi connectivity index (χ1n) is 7.60. The molecule has 9 nitrogen and oxygen atoms in total. The Morgan fingerprint density at radius 2 is 1.92 bits per heavy atom. The van der Waals surface area contributed by atoms with Crippen molar-refractivity contribution in [3.05, 3.63) is 51.1 Å². The molecule has 0 aliphatic rings. The number of rotatable bonds is 4. The first-order chi connectivity index (χ1) is 12.4. The minimum absolute atomic E-state index is 0.194. The molecule has 0 spiro atoms. The van der Waals surface area contributed by atoms with Crippen LogP contribution in [0.1, 0.15) is 10.4 Å². The highest BCUT2D eigenvalue weighted by Gasteiger charge is 2.15. The Hall–Kier alpha value is -3.01. The Bertz CT molecular complexity index is 1050. The molecule has 10 heteroatoms. The fraction of sp³-hybridized carbons (Fsp3) is 0.188. The summed E-state index contributed by atoms with van der Waals surface area (Å²) in [5.74, 6) is -0.600. The van der Waals surface area contributed by atoms with Crippen LogP contribution in [0.4, 0.5) is 5.69 Å². The van der Waals surface area contributed by atoms with Crippen molar-refractivity contribution in [2.75, 3.05) is 12.4 Å². The number of nitrogens with one attached hydrogen (secondary N) is 2. The van der Waals surface area contributed by atoms with Crippen LogP contribution in [-0.4, -0.2) is 38.2 Å². The highest BCUT2D eigenvalue weighted by atomic mass is 79.9. The summed E-state index contributed by atoms with van der Waals surface area (Å²) in [5.41, 5.74) is 1.08. The lowest BCUT2D eigenvalue weighted by molar-refractivity contribution is -0.116. The predicted molar refractivity (Wildman–Crippen MR) is 98.9 cm³/mol. The molecular formula is C16H15BrN6O3. The second-order valence-electron chi connectivity index (χ2n) is 5.50. The minimum atomic E-state index is -0.388. The van der Waals surface area contributed by atoms with Crippen molar-refractivity contribution in [3.63, 3.8) is 0 Å². The van der Waals surface area contributed by atoms with Gasteiger partial charge in [0.2, 0.25) is 5.91 Å². The van der Waals surface area contributed by atoms with Crippen molar-refractivity contribution in [2.24, 2.45) is 7.05 Å². The molecule has 0 saturated heterocycles. The van der Waals surface area contributed by atoms with Gasteiger partial charge in [-0.1, -0.05) is 0 Å². The van der Waals surface area contributed by atoms with Crippen LogP contribution in [0.25, 0.3) is 11.0 Å². The van der Waals surface area contributed by atoms with E-state index in [1.165, 1.54) is 15.6 Å². The average Bonchev–Trinajstić information content (AvgIpc) is 2.91. The normalized spacial score (nSPS) is 10.7. The van der Waals surface area contributed by atoms with Crippen LogP contribution in [0.2, 0.25) is 0 Å². The lowest BCUT2D eigenvalue weighted by atomic mass is 10.2. The monoisotopic (exact) mass is 418 g/mol. The van der Waals surface area contributed by atoms with E-state index >= 15 is 0 Å². The molecule has 3 rings (SSSR count). The van der Waals surface area contributed by atoms with Crippen LogP contribution in [0.5, 0.6) is 0 Å². The van der Waals surface area contributed by atoms with Gasteiger partial charge in [0.05, 0.1) is 0 Å². The van der Waals surface area contributed by atoms with Gasteiger partial charge in [-0.25, -0.2) is 9.67 Å². The zero-order valence-electron chi connectivity index (χ0n) is 14.0. The number of benzene rings is 1. The fourth-order valence-electron chi connectivity index (χ4n) is 2.45. The van der Waals surface area contributed by atoms with E-state index in [0.29, 0.717) is 26.9 Å². The third-order valence-electron chi connectivity index (χ3n) is 3.74. The van der Waals surface area contributed by atoms with Crippen LogP contribution in [-0.2, 0) is 18.4 Å². The molecule has 0 bridgehead atoms. The number of aromatic nitrogens is 4. The van der Waals surface area contributed by atoms with Gasteiger partial charge in [-0.3, -0.25) is 19.0 Å². The number of fused-ring (bicyclic) bond motifs is 1. The predicted octanol–water partition coefficient (Wildman–Crippen LogP) is 0.891. The summed E-state index contributed by atoms with van der Waals surface area (Å²) in [6, 6.07) is 6.43. The summed E-state index contributed by atoms with van der Waals surface area (Å²) >= 11 is 3.23. The lowest BCUT2D eigenvalue weighted by Gasteiger charge is -2.08. The van der Waals surface area contributed by atoms with E-state index in [4.69, 9.17) is 0 Å². The number of carbonyl (C=O) groups is 2. The van der Waals surface area contributed by atoms with Crippen LogP contribution in [0.15, 0.2) is 40.0 Å². The van der Waals surface area contributed by atoms with Crippen molar-refractivity contribution in [2.45, 2.75) is 6.54 Å². The molecule has 2 aromatic heterocycles. The van der Waals surface area contributed by atoms with Gasteiger partial charge < -0.3 is 10.6 Å². The average molecular weight is 419 g/mol. The van der Waals surface area contributed by atoms with Gasteiger partial charge in [0, 0.05) is 25.3 Å². The van der Waals surface area contributed by atoms with E-state index in [0.717, 1.165) is 0 Å². The number of aryl methyl sites for hydroxylation is 1. The number of carbonyl (C=O) groups excluding carboxylic acids is 2. The zero-order chi connectivity index (χ0) is 18.8. The number of amides is 2. The molecule has 0 aliphatic carbocycles. The van der Waals surface area contributed by atoms with Gasteiger partial charge in [-0.15, -0.1) is 0 Å². The fourth-order valence-corrected chi connectivity index (χ4v) is 3.04. The largest absolute Gasteiger partial charge is 0.355 e. The van der Waals surface area contributed by atoms with Gasteiger partial charge in [-0.2, -0.15) is 5.10 Å². The van der Waals surface area contributed by atoms with E-state index in [1.54, 1.807) is 38.4 Å². The van der Waals surface area contributed by atoms with E-state index in [-0.39, 0.29) is 23.9 Å². The molecule has 3 aromatic rings. The van der Waals surface area contributed by atoms with Gasteiger partial charge in [-0.05, 0) is 40.2 Å². The standard InChI is InChI=1S/C16H15BrN6O3/c1-18-15(25)9-3-5-10(6-4-9)20-11(24)7-23-8-19-14-12(16(23)26)13(17)21-22(14)2/h3-6,8H,7H2,1-2H3,(H,18,25)(H,20,24). The van der Waals surface area contributed by atoms with Gasteiger partial charge in [0.1, 0.15) is 22.9 Å². The van der Waals surface area contributed by atoms with Crippen LogP contribution >= 0.6 is 15.9 Å². The summed E-state index contributed by atoms with van der Waals surface area (Å²) in [6.45, 7) is -0.194. The van der Waals surface area contributed by atoms with E-state index in [1.807, 2.05) is 0 Å². The molecule has 0 aliphatic heterocycles. The third-order valence-corrected chi connectivity index (χ3v) is 4.30. The van der Waals surface area contributed by atoms with Crippen LogP contribution in [0, 0.1) is 0 Å². The number of anilines is 1. The van der Waals surface area contributed by atoms with Crippen molar-refractivity contribution in [3.8, 4) is 0 Å². The lowest BCUT2D eigenvalue weighted by Crippen LogP contribution is -2.28. The molecule has 1 aromatic carbocycles. The van der Waals surface area contributed by atoms with Gasteiger partial charge in [0.15, 0.2) is 5.65 Å². The molecular weight excluding hydrogens is 404 g/mol. The Morgan fingerprint density at radius 3 is 2.58 bits per heavy atom. The maximum Gasteiger partial charge on any atom is 0.266 e. The molecule has 0 saturated carbocycles. The third kappa shape index (κ3) is 3.36. The summed E-state index contributed by atoms with van der Waals surface area (Å²) in [4.78, 5) is 40.4. The number of halogens is 1. The maximum atomic E-state index is 12.5. The topological polar surface area (TPSA) is 111 Å². The molecule has 0 fully saturated rings. The molecule has 26 heavy (non-hydrogen) atoms. The van der Waals surface area contributed by atoms with Crippen molar-refractivity contribution in [1.82, 2.24) is 24.6 Å². The van der Waals surface area contributed by atoms with Crippen molar-refractivity contribution < 1.29 is 9.59 Å². The molecule has 134 valence electrons. The van der Waals surface area contributed by atoms with Gasteiger partial charge >= 0.3 is 0 Å². The van der Waals surface area contributed by atoms with E-state index in [9.17, 15) is 14.4 Å². The highest BCUT2D eigenvalue weighted by molar-refractivity contribution is 9.10. The summed E-state index contributed by atoms with van der Waals surface area (Å²) in [7, 11) is 3.22. The Kier molecular flexibility index (Phi) is 4.85. The van der Waals surface area contributed by atoms with E-state index in [2.05, 4.69) is 36.6 Å². The number of hydrogen-bond donors (Lipinski definition) is 2. The Balaban J connectivity index is 1.77. The molecule has 0 atom stereocenters. The first-order valence-corrected chi connectivity index (χ1v) is 8.39. The molecule has 0 radical (unpaired) electrons. The highest BCUT2D eigenvalue weighted by Crippen LogP contribution is 2.16. The molecule has 2 heterocycles. The second-order valence-corrected chi connectivity index (χ2v) is 6.25. The molecule has 0 unspecified atom stereocenters. The SMILES string of the molecule is CNC(=O)c1ccc(NC(=O)Cn2cnc3c(c(Br)nn3C)c2=O)cc1. The minimum Gasteiger partial charge on any atom is -0.355 e. The summed E-state index contributed by atoms with van der Waals surface area (Å²) < 4.78 is 3.08. The zero-order valence-corrected chi connectivity index (χ0v) is 15.6. The Morgan fingerprint density at radius 1 is 1.23 bits per heavy atom. The van der Waals surface area contributed by atoms with Crippen molar-refractivity contribution >= 4 is 44.5 Å². The smallest absolute Gasteiger partial charge is 0.266 e. The van der Waals surface area contributed by atoms with Crippen LogP contribution in [0.3, 0.4) is 0 Å². The molecule has 2 amide bonds.